The van der Waals surface area contributed by atoms with Crippen LogP contribution in [0.3, 0.4) is 0 Å². The Balaban J connectivity index is 1.48. The molecule has 0 atom stereocenters. The summed E-state index contributed by atoms with van der Waals surface area (Å²) in [4.78, 5) is 18.8. The Hall–Kier alpha value is -2.47. The van der Waals surface area contributed by atoms with Crippen molar-refractivity contribution in [3.05, 3.63) is 54.5 Å². The highest BCUT2D eigenvalue weighted by atomic mass is 19.1. The third-order valence-corrected chi connectivity index (χ3v) is 4.02. The summed E-state index contributed by atoms with van der Waals surface area (Å²) in [5.41, 5.74) is 0.506. The van der Waals surface area contributed by atoms with Gasteiger partial charge in [-0.25, -0.2) is 9.37 Å². The predicted molar refractivity (Wildman–Crippen MR) is 85.8 cm³/mol. The molecule has 1 aliphatic heterocycles. The highest BCUT2D eigenvalue weighted by Crippen LogP contribution is 2.08. The molecule has 2 heterocycles. The Morgan fingerprint density at radius 3 is 2.74 bits per heavy atom. The molecule has 3 rings (SSSR count). The molecule has 0 spiro atoms. The van der Waals surface area contributed by atoms with Crippen LogP contribution in [0.5, 0.6) is 0 Å². The van der Waals surface area contributed by atoms with Crippen molar-refractivity contribution in [3.8, 4) is 0 Å². The second-order valence-corrected chi connectivity index (χ2v) is 5.72. The molecule has 1 saturated heterocycles. The van der Waals surface area contributed by atoms with E-state index >= 15 is 0 Å². The molecule has 6 heteroatoms. The number of carbonyl (C=O) groups excluding carboxylic acids is 1. The van der Waals surface area contributed by atoms with Gasteiger partial charge in [0.15, 0.2) is 6.54 Å². The predicted octanol–water partition coefficient (Wildman–Crippen LogP) is -0.0166. The van der Waals surface area contributed by atoms with E-state index in [2.05, 4.69) is 21.3 Å². The second kappa shape index (κ2) is 7.19. The number of benzene rings is 1. The number of anilines is 2. The first kappa shape index (κ1) is 15.4. The molecule has 3 N–H and O–H groups in total. The maximum Gasteiger partial charge on any atom is 0.279 e. The van der Waals surface area contributed by atoms with Crippen molar-refractivity contribution in [1.29, 1.82) is 0 Å². The summed E-state index contributed by atoms with van der Waals surface area (Å²) in [5, 5.41) is 2.75. The largest absolute Gasteiger partial charge is 0.321 e. The van der Waals surface area contributed by atoms with E-state index in [0.29, 0.717) is 12.2 Å². The number of hydrogen-bond donors (Lipinski definition) is 2. The van der Waals surface area contributed by atoms with E-state index in [0.717, 1.165) is 32.0 Å². The number of aromatic nitrogens is 1. The Bertz CT molecular complexity index is 657. The highest BCUT2D eigenvalue weighted by molar-refractivity contribution is 5.91. The van der Waals surface area contributed by atoms with Gasteiger partial charge in [-0.2, -0.15) is 0 Å². The number of piperazine rings is 1. The fourth-order valence-electron chi connectivity index (χ4n) is 2.82. The summed E-state index contributed by atoms with van der Waals surface area (Å²) in [7, 11) is 0. The van der Waals surface area contributed by atoms with Crippen molar-refractivity contribution >= 4 is 17.4 Å². The van der Waals surface area contributed by atoms with E-state index in [1.165, 1.54) is 17.0 Å². The molecule has 1 amide bonds. The summed E-state index contributed by atoms with van der Waals surface area (Å²) >= 11 is 0. The number of quaternary nitrogens is 1. The number of H-pyrrole nitrogens is 1. The van der Waals surface area contributed by atoms with Gasteiger partial charge in [0, 0.05) is 11.8 Å². The number of rotatable bonds is 4. The summed E-state index contributed by atoms with van der Waals surface area (Å²) in [6.45, 7) is 4.02. The molecule has 2 aromatic rings. The third kappa shape index (κ3) is 4.26. The van der Waals surface area contributed by atoms with E-state index in [1.807, 2.05) is 18.3 Å². The molecule has 1 aromatic carbocycles. The molecule has 0 bridgehead atoms. The lowest BCUT2D eigenvalue weighted by Crippen LogP contribution is -3.15. The molecule has 5 nitrogen and oxygen atoms in total. The normalized spacial score (nSPS) is 15.4. The summed E-state index contributed by atoms with van der Waals surface area (Å²) in [5.74, 6) is 0.684. The van der Waals surface area contributed by atoms with Gasteiger partial charge in [0.05, 0.1) is 6.20 Å². The average molecular weight is 316 g/mol. The Morgan fingerprint density at radius 2 is 2.04 bits per heavy atom. The van der Waals surface area contributed by atoms with Crippen LogP contribution >= 0.6 is 0 Å². The van der Waals surface area contributed by atoms with Crippen molar-refractivity contribution in [2.75, 3.05) is 42.9 Å². The average Bonchev–Trinajstić information content (AvgIpc) is 2.56. The topological polar surface area (TPSA) is 50.9 Å². The zero-order chi connectivity index (χ0) is 16.1. The van der Waals surface area contributed by atoms with Crippen LogP contribution in [0.2, 0.25) is 0 Å². The number of carbonyl (C=O) groups is 1. The molecular weight excluding hydrogens is 295 g/mol. The monoisotopic (exact) mass is 316 g/mol. The standard InChI is InChI=1S/C17H19FN4O/c18-14-4-3-5-15(12-14)20-17(23)13-21-8-10-22(11-9-21)16-6-1-2-7-19-16/h1-7,12H,8-11,13H2,(H,20,23)/p+2. The SMILES string of the molecule is O=C(C[NH+]1CCN(c2cccc[nH+]2)CC1)Nc1cccc(F)c1. The highest BCUT2D eigenvalue weighted by Gasteiger charge is 2.27. The van der Waals surface area contributed by atoms with E-state index in [1.54, 1.807) is 12.1 Å². The molecule has 1 aliphatic rings. The van der Waals surface area contributed by atoms with Gasteiger partial charge in [-0.3, -0.25) is 9.69 Å². The quantitative estimate of drug-likeness (QED) is 0.833. The lowest BCUT2D eigenvalue weighted by Gasteiger charge is -2.27. The molecule has 0 aliphatic carbocycles. The first-order chi connectivity index (χ1) is 11.2. The fraction of sp³-hybridized carbons (Fsp3) is 0.294. The van der Waals surface area contributed by atoms with Gasteiger partial charge < -0.3 is 10.2 Å². The molecule has 1 fully saturated rings. The van der Waals surface area contributed by atoms with E-state index < -0.39 is 0 Å². The van der Waals surface area contributed by atoms with Crippen LogP contribution in [0.15, 0.2) is 48.7 Å². The number of halogens is 1. The van der Waals surface area contributed by atoms with Crippen LogP contribution in [-0.4, -0.2) is 38.6 Å². The van der Waals surface area contributed by atoms with Gasteiger partial charge in [-0.1, -0.05) is 12.1 Å². The minimum Gasteiger partial charge on any atom is -0.321 e. The fourth-order valence-corrected chi connectivity index (χ4v) is 2.82. The van der Waals surface area contributed by atoms with Crippen LogP contribution in [0.25, 0.3) is 0 Å². The number of amides is 1. The van der Waals surface area contributed by atoms with Gasteiger partial charge >= 0.3 is 0 Å². The van der Waals surface area contributed by atoms with Crippen LogP contribution in [0.4, 0.5) is 15.9 Å². The van der Waals surface area contributed by atoms with Crippen molar-refractivity contribution < 1.29 is 19.1 Å². The lowest BCUT2D eigenvalue weighted by molar-refractivity contribution is -0.892. The lowest BCUT2D eigenvalue weighted by atomic mass is 10.3. The maximum atomic E-state index is 13.1. The van der Waals surface area contributed by atoms with Crippen molar-refractivity contribution in [1.82, 2.24) is 0 Å². The van der Waals surface area contributed by atoms with Gasteiger partial charge in [0.1, 0.15) is 32.0 Å². The van der Waals surface area contributed by atoms with Crippen LogP contribution in [0.1, 0.15) is 0 Å². The van der Waals surface area contributed by atoms with Crippen LogP contribution in [0, 0.1) is 5.82 Å². The zero-order valence-electron chi connectivity index (χ0n) is 12.9. The molecule has 120 valence electrons. The molecular formula is C17H21FN4O+2. The number of pyridine rings is 1. The van der Waals surface area contributed by atoms with Crippen LogP contribution in [-0.2, 0) is 4.79 Å². The Labute approximate surface area is 134 Å². The molecule has 0 unspecified atom stereocenters. The third-order valence-electron chi connectivity index (χ3n) is 4.02. The van der Waals surface area contributed by atoms with Gasteiger partial charge in [0.2, 0.25) is 0 Å². The molecule has 0 radical (unpaired) electrons. The molecule has 1 aromatic heterocycles. The van der Waals surface area contributed by atoms with Gasteiger partial charge in [-0.15, -0.1) is 0 Å². The Kier molecular flexibility index (Phi) is 4.83. The van der Waals surface area contributed by atoms with Gasteiger partial charge in [0.25, 0.3) is 11.7 Å². The van der Waals surface area contributed by atoms with E-state index in [4.69, 9.17) is 0 Å². The zero-order valence-corrected chi connectivity index (χ0v) is 12.9. The molecule has 0 saturated carbocycles. The number of nitrogens with zero attached hydrogens (tertiary/aromatic N) is 1. The van der Waals surface area contributed by atoms with Crippen molar-refractivity contribution in [2.24, 2.45) is 0 Å². The minimum absolute atomic E-state index is 0.0784. The summed E-state index contributed by atoms with van der Waals surface area (Å²) in [6, 6.07) is 12.0. The van der Waals surface area contributed by atoms with E-state index in [9.17, 15) is 9.18 Å². The smallest absolute Gasteiger partial charge is 0.279 e. The number of hydrogen-bond acceptors (Lipinski definition) is 2. The van der Waals surface area contributed by atoms with E-state index in [-0.39, 0.29) is 11.7 Å². The Morgan fingerprint density at radius 1 is 1.22 bits per heavy atom. The maximum absolute atomic E-state index is 13.1. The number of aromatic amines is 1. The number of nitrogens with one attached hydrogen (secondary N) is 3. The van der Waals surface area contributed by atoms with Crippen molar-refractivity contribution in [3.63, 3.8) is 0 Å². The molecule has 23 heavy (non-hydrogen) atoms. The first-order valence-corrected chi connectivity index (χ1v) is 7.81. The summed E-state index contributed by atoms with van der Waals surface area (Å²) < 4.78 is 13.1. The van der Waals surface area contributed by atoms with Gasteiger partial charge in [-0.05, 0) is 24.3 Å². The van der Waals surface area contributed by atoms with Crippen LogP contribution < -0.4 is 20.1 Å². The first-order valence-electron chi connectivity index (χ1n) is 7.81. The minimum atomic E-state index is -0.345. The van der Waals surface area contributed by atoms with Crippen molar-refractivity contribution in [2.45, 2.75) is 0 Å². The summed E-state index contributed by atoms with van der Waals surface area (Å²) in [6.07, 6.45) is 1.92. The second-order valence-electron chi connectivity index (χ2n) is 5.72.